The van der Waals surface area contributed by atoms with Crippen LogP contribution in [0.5, 0.6) is 0 Å². The van der Waals surface area contributed by atoms with E-state index in [1.54, 1.807) is 0 Å². The monoisotopic (exact) mass is 196 g/mol. The molecule has 3 heteroatoms. The molecule has 0 aromatic rings. The van der Waals surface area contributed by atoms with Crippen LogP contribution < -0.4 is 0 Å². The van der Waals surface area contributed by atoms with Crippen LogP contribution in [0, 0.1) is 11.8 Å². The number of ether oxygens (including phenoxy) is 1. The van der Waals surface area contributed by atoms with Crippen molar-refractivity contribution >= 4 is 5.97 Å². The number of methoxy groups -OCH3 is 1. The highest BCUT2D eigenvalue weighted by Gasteiger charge is 1.96. The molecule has 0 rings (SSSR count). The van der Waals surface area contributed by atoms with Gasteiger partial charge in [0.05, 0.1) is 7.11 Å². The molecule has 0 unspecified atom stereocenters. The Kier molecular flexibility index (Phi) is 7.58. The van der Waals surface area contributed by atoms with Gasteiger partial charge in [-0.25, -0.2) is 0 Å². The molecule has 0 aliphatic carbocycles. The van der Waals surface area contributed by atoms with Crippen LogP contribution >= 0.6 is 0 Å². The fraction of sp³-hybridized carbons (Fsp3) is 0.545. The third kappa shape index (κ3) is 7.38. The van der Waals surface area contributed by atoms with Gasteiger partial charge in [-0.3, -0.25) is 4.79 Å². The van der Waals surface area contributed by atoms with Gasteiger partial charge in [0.1, 0.15) is 12.5 Å². The van der Waals surface area contributed by atoms with E-state index in [0.717, 1.165) is 6.42 Å². The summed E-state index contributed by atoms with van der Waals surface area (Å²) in [7, 11) is 1.31. The van der Waals surface area contributed by atoms with Crippen molar-refractivity contribution in [3.63, 3.8) is 0 Å². The van der Waals surface area contributed by atoms with Crippen molar-refractivity contribution in [3.8, 4) is 11.8 Å². The first kappa shape index (κ1) is 12.7. The number of aliphatic hydroxyl groups is 1. The summed E-state index contributed by atoms with van der Waals surface area (Å²) in [6.07, 6.45) is 4.63. The van der Waals surface area contributed by atoms with Gasteiger partial charge in [-0.05, 0) is 6.42 Å². The molecular weight excluding hydrogens is 180 g/mol. The van der Waals surface area contributed by atoms with Gasteiger partial charge in [0.15, 0.2) is 0 Å². The predicted molar refractivity (Wildman–Crippen MR) is 54.5 cm³/mol. The Bertz CT molecular complexity index is 245. The molecule has 0 radical (unpaired) electrons. The van der Waals surface area contributed by atoms with Crippen molar-refractivity contribution in [2.45, 2.75) is 32.3 Å². The van der Waals surface area contributed by atoms with Crippen LogP contribution in [0.1, 0.15) is 26.2 Å². The standard InChI is InChI=1S/C11H16O3/c1-3-4-5-7-10(12)8-6-9-11(13)14-2/h4-5,10,12H,3,7,9H2,1-2H3/b5-4-/t10-/m0/s1. The lowest BCUT2D eigenvalue weighted by molar-refractivity contribution is -0.139. The summed E-state index contributed by atoms with van der Waals surface area (Å²) in [4.78, 5) is 10.6. The van der Waals surface area contributed by atoms with Crippen LogP contribution in [-0.2, 0) is 9.53 Å². The Hall–Kier alpha value is -1.27. The highest BCUT2D eigenvalue weighted by Crippen LogP contribution is 1.93. The Labute approximate surface area is 84.8 Å². The summed E-state index contributed by atoms with van der Waals surface area (Å²) >= 11 is 0. The molecule has 0 saturated heterocycles. The Morgan fingerprint density at radius 2 is 2.29 bits per heavy atom. The molecule has 3 nitrogen and oxygen atoms in total. The first-order valence-corrected chi connectivity index (χ1v) is 4.59. The van der Waals surface area contributed by atoms with Gasteiger partial charge >= 0.3 is 5.97 Å². The van der Waals surface area contributed by atoms with Gasteiger partial charge in [0.25, 0.3) is 0 Å². The second-order valence-corrected chi connectivity index (χ2v) is 2.71. The maximum absolute atomic E-state index is 10.6. The molecule has 0 fully saturated rings. The minimum atomic E-state index is -0.692. The Morgan fingerprint density at radius 1 is 1.57 bits per heavy atom. The number of allylic oxidation sites excluding steroid dienone is 1. The Balaban J connectivity index is 3.74. The quantitative estimate of drug-likeness (QED) is 0.418. The maximum Gasteiger partial charge on any atom is 0.317 e. The summed E-state index contributed by atoms with van der Waals surface area (Å²) in [5.41, 5.74) is 0. The lowest BCUT2D eigenvalue weighted by Crippen LogP contribution is -2.02. The zero-order chi connectivity index (χ0) is 10.8. The number of carbonyl (C=O) groups excluding carboxylic acids is 1. The van der Waals surface area contributed by atoms with Crippen LogP contribution in [0.25, 0.3) is 0 Å². The molecule has 1 atom stereocenters. The topological polar surface area (TPSA) is 46.5 Å². The second-order valence-electron chi connectivity index (χ2n) is 2.71. The van der Waals surface area contributed by atoms with E-state index in [-0.39, 0.29) is 12.4 Å². The zero-order valence-electron chi connectivity index (χ0n) is 8.62. The van der Waals surface area contributed by atoms with Gasteiger partial charge in [0.2, 0.25) is 0 Å². The molecule has 0 aliphatic heterocycles. The molecule has 14 heavy (non-hydrogen) atoms. The third-order valence-corrected chi connectivity index (χ3v) is 1.49. The van der Waals surface area contributed by atoms with Gasteiger partial charge in [0, 0.05) is 6.42 Å². The number of hydrogen-bond donors (Lipinski definition) is 1. The largest absolute Gasteiger partial charge is 0.468 e. The van der Waals surface area contributed by atoms with Crippen LogP contribution in [0.3, 0.4) is 0 Å². The number of esters is 1. The van der Waals surface area contributed by atoms with E-state index >= 15 is 0 Å². The van der Waals surface area contributed by atoms with E-state index in [4.69, 9.17) is 0 Å². The van der Waals surface area contributed by atoms with Gasteiger partial charge in [-0.1, -0.05) is 30.9 Å². The molecule has 0 bridgehead atoms. The predicted octanol–water partition coefficient (Wildman–Crippen LogP) is 1.27. The van der Waals surface area contributed by atoms with Crippen molar-refractivity contribution in [2.75, 3.05) is 7.11 Å². The molecule has 0 saturated carbocycles. The molecule has 0 aliphatic rings. The van der Waals surface area contributed by atoms with E-state index in [1.807, 2.05) is 19.1 Å². The van der Waals surface area contributed by atoms with Crippen molar-refractivity contribution in [1.29, 1.82) is 0 Å². The normalized spacial score (nSPS) is 11.9. The lowest BCUT2D eigenvalue weighted by atomic mass is 10.2. The van der Waals surface area contributed by atoms with E-state index in [9.17, 15) is 9.90 Å². The molecule has 0 heterocycles. The van der Waals surface area contributed by atoms with Crippen molar-refractivity contribution in [3.05, 3.63) is 12.2 Å². The first-order valence-electron chi connectivity index (χ1n) is 4.59. The third-order valence-electron chi connectivity index (χ3n) is 1.49. The first-order chi connectivity index (χ1) is 6.70. The highest BCUT2D eigenvalue weighted by molar-refractivity contribution is 5.72. The number of rotatable bonds is 4. The minimum Gasteiger partial charge on any atom is -0.468 e. The number of hydrogen-bond acceptors (Lipinski definition) is 3. The van der Waals surface area contributed by atoms with E-state index in [1.165, 1.54) is 7.11 Å². The van der Waals surface area contributed by atoms with Crippen molar-refractivity contribution < 1.29 is 14.6 Å². The van der Waals surface area contributed by atoms with Gasteiger partial charge < -0.3 is 9.84 Å². The molecule has 78 valence electrons. The average molecular weight is 196 g/mol. The number of aliphatic hydroxyl groups excluding tert-OH is 1. The highest BCUT2D eigenvalue weighted by atomic mass is 16.5. The van der Waals surface area contributed by atoms with Crippen LogP contribution in [0.2, 0.25) is 0 Å². The molecule has 0 aromatic heterocycles. The van der Waals surface area contributed by atoms with Crippen LogP contribution in [0.4, 0.5) is 0 Å². The molecule has 0 spiro atoms. The maximum atomic E-state index is 10.6. The average Bonchev–Trinajstić information content (AvgIpc) is 2.18. The van der Waals surface area contributed by atoms with Crippen LogP contribution in [0.15, 0.2) is 12.2 Å². The van der Waals surface area contributed by atoms with Crippen molar-refractivity contribution in [2.24, 2.45) is 0 Å². The smallest absolute Gasteiger partial charge is 0.317 e. The van der Waals surface area contributed by atoms with Gasteiger partial charge in [-0.15, -0.1) is 0 Å². The molecule has 0 amide bonds. The van der Waals surface area contributed by atoms with Crippen molar-refractivity contribution in [1.82, 2.24) is 0 Å². The summed E-state index contributed by atoms with van der Waals surface area (Å²) in [6.45, 7) is 2.02. The summed E-state index contributed by atoms with van der Waals surface area (Å²) < 4.78 is 4.39. The minimum absolute atomic E-state index is 0.0328. The van der Waals surface area contributed by atoms with Gasteiger partial charge in [-0.2, -0.15) is 0 Å². The zero-order valence-corrected chi connectivity index (χ0v) is 8.62. The van der Waals surface area contributed by atoms with E-state index in [2.05, 4.69) is 16.6 Å². The Morgan fingerprint density at radius 3 is 2.86 bits per heavy atom. The van der Waals surface area contributed by atoms with E-state index < -0.39 is 6.10 Å². The summed E-state index contributed by atoms with van der Waals surface area (Å²) in [5, 5.41) is 9.28. The molecular formula is C11H16O3. The second kappa shape index (κ2) is 8.33. The fourth-order valence-corrected chi connectivity index (χ4v) is 0.764. The van der Waals surface area contributed by atoms with E-state index in [0.29, 0.717) is 6.42 Å². The number of carbonyl (C=O) groups is 1. The van der Waals surface area contributed by atoms with Crippen LogP contribution in [-0.4, -0.2) is 24.3 Å². The fourth-order valence-electron chi connectivity index (χ4n) is 0.764. The molecule has 0 aromatic carbocycles. The lowest BCUT2D eigenvalue weighted by Gasteiger charge is -1.96. The molecule has 1 N–H and O–H groups in total. The summed E-state index contributed by atoms with van der Waals surface area (Å²) in [5.74, 6) is 4.73. The SMILES string of the molecule is CC/C=C\C[C@H](O)C#CCC(=O)OC. The summed E-state index contributed by atoms with van der Waals surface area (Å²) in [6, 6.07) is 0.